The summed E-state index contributed by atoms with van der Waals surface area (Å²) in [7, 11) is 2.99. The Balaban J connectivity index is 1.43. The van der Waals surface area contributed by atoms with Crippen molar-refractivity contribution in [2.45, 2.75) is 19.1 Å². The topological polar surface area (TPSA) is 106 Å². The number of hydrogen-bond acceptors (Lipinski definition) is 6. The second-order valence-corrected chi connectivity index (χ2v) is 8.23. The maximum absolute atomic E-state index is 13.7. The number of fused-ring (bicyclic) bond motifs is 5. The quantitative estimate of drug-likeness (QED) is 0.536. The summed E-state index contributed by atoms with van der Waals surface area (Å²) in [6.07, 6.45) is 4.60. The third kappa shape index (κ3) is 3.76. The Morgan fingerprint density at radius 3 is 2.63 bits per heavy atom. The van der Waals surface area contributed by atoms with Gasteiger partial charge in [-0.15, -0.1) is 0 Å². The van der Waals surface area contributed by atoms with E-state index in [0.717, 1.165) is 0 Å². The molecule has 10 heteroatoms. The van der Waals surface area contributed by atoms with Crippen LogP contribution in [0.3, 0.4) is 0 Å². The van der Waals surface area contributed by atoms with Gasteiger partial charge in [-0.25, -0.2) is 4.98 Å². The summed E-state index contributed by atoms with van der Waals surface area (Å²) in [6.45, 7) is 1.19. The summed E-state index contributed by atoms with van der Waals surface area (Å²) in [5.74, 6) is 0.0635. The van der Waals surface area contributed by atoms with Crippen LogP contribution in [0.5, 0.6) is 11.5 Å². The molecule has 180 valence electrons. The maximum Gasteiger partial charge on any atom is 0.264 e. The van der Waals surface area contributed by atoms with E-state index >= 15 is 0 Å². The molecule has 2 aliphatic rings. The Hall–Kier alpha value is -4.34. The fraction of sp³-hybridized carbons (Fsp3) is 0.280. The fourth-order valence-electron chi connectivity index (χ4n) is 4.70. The van der Waals surface area contributed by atoms with Gasteiger partial charge >= 0.3 is 0 Å². The van der Waals surface area contributed by atoms with Crippen molar-refractivity contribution in [3.63, 3.8) is 0 Å². The molecule has 1 aromatic heterocycles. The smallest absolute Gasteiger partial charge is 0.264 e. The highest BCUT2D eigenvalue weighted by molar-refractivity contribution is 6.18. The van der Waals surface area contributed by atoms with Crippen LogP contribution in [0.15, 0.2) is 55.1 Å². The van der Waals surface area contributed by atoms with Crippen molar-refractivity contribution in [3.05, 3.63) is 71.8 Å². The predicted octanol–water partition coefficient (Wildman–Crippen LogP) is 2.22. The molecule has 1 N–H and O–H groups in total. The number of aromatic nitrogens is 2. The molecule has 0 saturated heterocycles. The standard InChI is InChI=1S/C25H25N5O5/c1-34-19-8-7-17-21(22(19)35-2)25(33)30-18-6-4-3-5-16(18)24(32)29(23(17)30)12-9-20(31)27-11-14-28-13-10-26-15-28/h3-8,10,13,15,23H,9,11-12,14H2,1-2H3,(H,27,31). The molecule has 3 aromatic rings. The summed E-state index contributed by atoms with van der Waals surface area (Å²) in [6, 6.07) is 10.5. The van der Waals surface area contributed by atoms with Crippen molar-refractivity contribution < 1.29 is 23.9 Å². The van der Waals surface area contributed by atoms with Gasteiger partial charge in [0.05, 0.1) is 37.4 Å². The first kappa shape index (κ1) is 22.5. The number of nitrogens with one attached hydrogen (secondary N) is 1. The zero-order valence-electron chi connectivity index (χ0n) is 19.4. The van der Waals surface area contributed by atoms with E-state index in [9.17, 15) is 14.4 Å². The molecule has 0 aliphatic carbocycles. The first-order chi connectivity index (χ1) is 17.0. The largest absolute Gasteiger partial charge is 0.493 e. The minimum absolute atomic E-state index is 0.0962. The third-order valence-electron chi connectivity index (χ3n) is 6.31. The van der Waals surface area contributed by atoms with Crippen LogP contribution >= 0.6 is 0 Å². The van der Waals surface area contributed by atoms with E-state index < -0.39 is 6.17 Å². The Bertz CT molecular complexity index is 1290. The van der Waals surface area contributed by atoms with Crippen molar-refractivity contribution in [2.24, 2.45) is 0 Å². The molecule has 0 saturated carbocycles. The molecular formula is C25H25N5O5. The molecule has 10 nitrogen and oxygen atoms in total. The van der Waals surface area contributed by atoms with Gasteiger partial charge in [0.2, 0.25) is 5.91 Å². The number of rotatable bonds is 8. The highest BCUT2D eigenvalue weighted by Crippen LogP contribution is 2.49. The molecule has 3 amide bonds. The summed E-state index contributed by atoms with van der Waals surface area (Å²) in [5, 5.41) is 2.87. The van der Waals surface area contributed by atoms with Gasteiger partial charge in [0.15, 0.2) is 11.5 Å². The number of methoxy groups -OCH3 is 2. The second kappa shape index (κ2) is 9.13. The van der Waals surface area contributed by atoms with Crippen LogP contribution in [-0.4, -0.2) is 59.5 Å². The highest BCUT2D eigenvalue weighted by atomic mass is 16.5. The molecule has 2 aliphatic heterocycles. The lowest BCUT2D eigenvalue weighted by Gasteiger charge is -2.40. The number of anilines is 1. The van der Waals surface area contributed by atoms with E-state index in [4.69, 9.17) is 9.47 Å². The lowest BCUT2D eigenvalue weighted by Crippen LogP contribution is -2.49. The number of nitrogens with zero attached hydrogens (tertiary/aromatic N) is 4. The number of amides is 3. The van der Waals surface area contributed by atoms with E-state index in [1.54, 1.807) is 58.7 Å². The van der Waals surface area contributed by atoms with Gasteiger partial charge in [-0.3, -0.25) is 19.3 Å². The van der Waals surface area contributed by atoms with Crippen molar-refractivity contribution in [1.82, 2.24) is 19.8 Å². The SMILES string of the molecule is COc1ccc2c(c1OC)C(=O)N1c3ccccc3C(=O)N(CCC(=O)NCCn3ccnc3)C21. The van der Waals surface area contributed by atoms with E-state index in [2.05, 4.69) is 10.3 Å². The number of benzene rings is 2. The number of para-hydroxylation sites is 1. The van der Waals surface area contributed by atoms with Gasteiger partial charge in [-0.1, -0.05) is 18.2 Å². The summed E-state index contributed by atoms with van der Waals surface area (Å²) in [5.41, 5.74) is 1.94. The van der Waals surface area contributed by atoms with Gasteiger partial charge in [0.25, 0.3) is 11.8 Å². The van der Waals surface area contributed by atoms with E-state index in [-0.39, 0.29) is 30.7 Å². The highest BCUT2D eigenvalue weighted by Gasteiger charge is 2.49. The van der Waals surface area contributed by atoms with Crippen molar-refractivity contribution in [2.75, 3.05) is 32.2 Å². The van der Waals surface area contributed by atoms with Crippen LogP contribution in [-0.2, 0) is 11.3 Å². The lowest BCUT2D eigenvalue weighted by molar-refractivity contribution is -0.121. The molecular weight excluding hydrogens is 450 g/mol. The summed E-state index contributed by atoms with van der Waals surface area (Å²) in [4.78, 5) is 46.9. The van der Waals surface area contributed by atoms with Gasteiger partial charge in [-0.2, -0.15) is 0 Å². The van der Waals surface area contributed by atoms with Gasteiger partial charge in [0, 0.05) is 44.0 Å². The van der Waals surface area contributed by atoms with Crippen molar-refractivity contribution >= 4 is 23.4 Å². The molecule has 0 spiro atoms. The number of carbonyl (C=O) groups excluding carboxylic acids is 3. The molecule has 2 aromatic carbocycles. The maximum atomic E-state index is 13.7. The van der Waals surface area contributed by atoms with E-state index in [0.29, 0.717) is 47.0 Å². The average Bonchev–Trinajstić information content (AvgIpc) is 3.50. The monoisotopic (exact) mass is 475 g/mol. The number of carbonyl (C=O) groups is 3. The minimum atomic E-state index is -0.682. The van der Waals surface area contributed by atoms with Crippen LogP contribution in [0, 0.1) is 0 Å². The first-order valence-electron chi connectivity index (χ1n) is 11.3. The minimum Gasteiger partial charge on any atom is -0.493 e. The van der Waals surface area contributed by atoms with Gasteiger partial charge in [-0.05, 0) is 18.2 Å². The Labute approximate surface area is 202 Å². The summed E-state index contributed by atoms with van der Waals surface area (Å²) < 4.78 is 12.8. The number of imidazole rings is 1. The van der Waals surface area contributed by atoms with Crippen LogP contribution < -0.4 is 19.7 Å². The number of ether oxygens (including phenoxy) is 2. The molecule has 0 radical (unpaired) electrons. The van der Waals surface area contributed by atoms with Crippen molar-refractivity contribution in [1.29, 1.82) is 0 Å². The molecule has 5 rings (SSSR count). The molecule has 1 unspecified atom stereocenters. The van der Waals surface area contributed by atoms with Crippen LogP contribution in [0.2, 0.25) is 0 Å². The number of hydrogen-bond donors (Lipinski definition) is 1. The summed E-state index contributed by atoms with van der Waals surface area (Å²) >= 11 is 0. The molecule has 35 heavy (non-hydrogen) atoms. The van der Waals surface area contributed by atoms with Crippen LogP contribution in [0.1, 0.15) is 38.9 Å². The molecule has 0 fully saturated rings. The third-order valence-corrected chi connectivity index (χ3v) is 6.31. The Morgan fingerprint density at radius 1 is 1.06 bits per heavy atom. The van der Waals surface area contributed by atoms with Crippen LogP contribution in [0.4, 0.5) is 5.69 Å². The lowest BCUT2D eigenvalue weighted by atomic mass is 10.0. The zero-order valence-corrected chi connectivity index (χ0v) is 19.4. The normalized spacial score (nSPS) is 16.0. The van der Waals surface area contributed by atoms with Gasteiger partial charge in [0.1, 0.15) is 6.17 Å². The Morgan fingerprint density at radius 2 is 1.89 bits per heavy atom. The predicted molar refractivity (Wildman–Crippen MR) is 126 cm³/mol. The first-order valence-corrected chi connectivity index (χ1v) is 11.3. The fourth-order valence-corrected chi connectivity index (χ4v) is 4.70. The average molecular weight is 476 g/mol. The molecule has 1 atom stereocenters. The molecule has 3 heterocycles. The Kier molecular flexibility index (Phi) is 5.86. The van der Waals surface area contributed by atoms with E-state index in [1.165, 1.54) is 14.2 Å². The van der Waals surface area contributed by atoms with Crippen LogP contribution in [0.25, 0.3) is 0 Å². The molecule has 0 bridgehead atoms. The zero-order chi connectivity index (χ0) is 24.5. The van der Waals surface area contributed by atoms with Gasteiger partial charge < -0.3 is 24.3 Å². The van der Waals surface area contributed by atoms with Crippen molar-refractivity contribution in [3.8, 4) is 11.5 Å². The second-order valence-electron chi connectivity index (χ2n) is 8.23. The van der Waals surface area contributed by atoms with E-state index in [1.807, 2.05) is 10.8 Å².